The minimum absolute atomic E-state index is 0.108. The summed E-state index contributed by atoms with van der Waals surface area (Å²) in [5.74, 6) is -0.525. The summed E-state index contributed by atoms with van der Waals surface area (Å²) in [5.41, 5.74) is -0.666. The standard InChI is InChI=1S/C20H14BrF3/c21-17-9-7-16(8-10-17)19(20(22,23)24)12-18(19)15-6-5-13-3-1-2-4-14(13)11-15/h1-11,18H,12H2/t18-,19-/m1/s1. The molecule has 3 aromatic rings. The average Bonchev–Trinajstić information content (AvgIpc) is 3.32. The molecule has 0 bridgehead atoms. The Labute approximate surface area is 146 Å². The van der Waals surface area contributed by atoms with Gasteiger partial charge in [0.25, 0.3) is 0 Å². The van der Waals surface area contributed by atoms with Gasteiger partial charge in [-0.15, -0.1) is 0 Å². The van der Waals surface area contributed by atoms with Gasteiger partial charge in [-0.25, -0.2) is 0 Å². The smallest absolute Gasteiger partial charge is 0.170 e. The van der Waals surface area contributed by atoms with Gasteiger partial charge >= 0.3 is 6.18 Å². The molecule has 0 radical (unpaired) electrons. The molecule has 122 valence electrons. The first kappa shape index (κ1) is 15.7. The third-order valence-electron chi connectivity index (χ3n) is 5.00. The molecule has 1 saturated carbocycles. The molecule has 24 heavy (non-hydrogen) atoms. The van der Waals surface area contributed by atoms with Crippen molar-refractivity contribution < 1.29 is 13.2 Å². The van der Waals surface area contributed by atoms with Gasteiger partial charge in [-0.3, -0.25) is 0 Å². The molecule has 4 heteroatoms. The van der Waals surface area contributed by atoms with Gasteiger partial charge in [-0.05, 0) is 40.5 Å². The first-order valence-electron chi connectivity index (χ1n) is 7.73. The fraction of sp³-hybridized carbons (Fsp3) is 0.200. The summed E-state index contributed by atoms with van der Waals surface area (Å²) in [7, 11) is 0. The van der Waals surface area contributed by atoms with Crippen molar-refractivity contribution in [3.05, 3.63) is 82.3 Å². The van der Waals surface area contributed by atoms with E-state index in [1.165, 1.54) is 0 Å². The zero-order chi connectivity index (χ0) is 16.9. The normalized spacial score (nSPS) is 23.4. The molecule has 1 aliphatic rings. The second kappa shape index (κ2) is 5.35. The first-order chi connectivity index (χ1) is 11.4. The summed E-state index contributed by atoms with van der Waals surface area (Å²) < 4.78 is 42.5. The van der Waals surface area contributed by atoms with E-state index in [1.807, 2.05) is 42.5 Å². The Kier molecular flexibility index (Phi) is 3.50. The van der Waals surface area contributed by atoms with Crippen LogP contribution >= 0.6 is 15.9 Å². The molecule has 1 aliphatic carbocycles. The zero-order valence-corrected chi connectivity index (χ0v) is 14.2. The molecule has 0 N–H and O–H groups in total. The molecule has 2 atom stereocenters. The Balaban J connectivity index is 1.79. The van der Waals surface area contributed by atoms with Crippen molar-refractivity contribution in [2.24, 2.45) is 0 Å². The SMILES string of the molecule is FC(F)(F)[C@@]1(c2ccc(Br)cc2)C[C@@H]1c1ccc2ccccc2c1. The highest BCUT2D eigenvalue weighted by molar-refractivity contribution is 9.10. The molecule has 0 aromatic heterocycles. The summed E-state index contributed by atoms with van der Waals surface area (Å²) in [6.45, 7) is 0. The van der Waals surface area contributed by atoms with Gasteiger partial charge in [0.15, 0.2) is 0 Å². The maximum absolute atomic E-state index is 13.9. The molecule has 4 rings (SSSR count). The van der Waals surface area contributed by atoms with Crippen LogP contribution in [0.1, 0.15) is 23.5 Å². The second-order valence-electron chi connectivity index (χ2n) is 6.34. The Bertz CT molecular complexity index is 899. The largest absolute Gasteiger partial charge is 0.399 e. The lowest BCUT2D eigenvalue weighted by Crippen LogP contribution is -2.30. The lowest BCUT2D eigenvalue weighted by atomic mass is 9.89. The highest BCUT2D eigenvalue weighted by Crippen LogP contribution is 2.68. The van der Waals surface area contributed by atoms with Crippen LogP contribution in [0.2, 0.25) is 0 Å². The molecule has 0 unspecified atom stereocenters. The van der Waals surface area contributed by atoms with Crippen LogP contribution < -0.4 is 0 Å². The van der Waals surface area contributed by atoms with Crippen LogP contribution in [0.15, 0.2) is 71.2 Å². The predicted molar refractivity (Wildman–Crippen MR) is 93.2 cm³/mol. The number of alkyl halides is 3. The minimum Gasteiger partial charge on any atom is -0.170 e. The summed E-state index contributed by atoms with van der Waals surface area (Å²) in [6.07, 6.45) is -4.16. The highest BCUT2D eigenvalue weighted by atomic mass is 79.9. The number of hydrogen-bond donors (Lipinski definition) is 0. The highest BCUT2D eigenvalue weighted by Gasteiger charge is 2.71. The van der Waals surface area contributed by atoms with Crippen LogP contribution in [0.4, 0.5) is 13.2 Å². The van der Waals surface area contributed by atoms with Gasteiger partial charge < -0.3 is 0 Å². The number of halogens is 4. The fourth-order valence-electron chi connectivity index (χ4n) is 3.63. The van der Waals surface area contributed by atoms with E-state index in [0.717, 1.165) is 20.8 Å². The van der Waals surface area contributed by atoms with Gasteiger partial charge in [0.2, 0.25) is 0 Å². The molecular weight excluding hydrogens is 377 g/mol. The number of fused-ring (bicyclic) bond motifs is 1. The van der Waals surface area contributed by atoms with E-state index in [1.54, 1.807) is 24.3 Å². The van der Waals surface area contributed by atoms with Crippen molar-refractivity contribution in [3.63, 3.8) is 0 Å². The topological polar surface area (TPSA) is 0 Å². The lowest BCUT2D eigenvalue weighted by Gasteiger charge is -2.22. The van der Waals surface area contributed by atoms with Crippen LogP contribution in [0.25, 0.3) is 10.8 Å². The number of hydrogen-bond acceptors (Lipinski definition) is 0. The van der Waals surface area contributed by atoms with E-state index in [0.29, 0.717) is 5.56 Å². The van der Waals surface area contributed by atoms with Crippen LogP contribution in [0.5, 0.6) is 0 Å². The second-order valence-corrected chi connectivity index (χ2v) is 7.25. The summed E-state index contributed by atoms with van der Waals surface area (Å²) >= 11 is 3.29. The van der Waals surface area contributed by atoms with Gasteiger partial charge in [-0.2, -0.15) is 13.2 Å². The average molecular weight is 391 g/mol. The van der Waals surface area contributed by atoms with E-state index in [4.69, 9.17) is 0 Å². The fourth-order valence-corrected chi connectivity index (χ4v) is 3.90. The molecule has 0 saturated heterocycles. The molecule has 0 amide bonds. The Hall–Kier alpha value is -1.81. The van der Waals surface area contributed by atoms with Crippen molar-refractivity contribution in [1.29, 1.82) is 0 Å². The minimum atomic E-state index is -4.27. The van der Waals surface area contributed by atoms with E-state index >= 15 is 0 Å². The summed E-state index contributed by atoms with van der Waals surface area (Å²) in [6, 6.07) is 19.9. The van der Waals surface area contributed by atoms with Crippen molar-refractivity contribution in [3.8, 4) is 0 Å². The van der Waals surface area contributed by atoms with E-state index in [-0.39, 0.29) is 6.42 Å². The molecule has 0 heterocycles. The molecule has 1 fully saturated rings. The van der Waals surface area contributed by atoms with Crippen LogP contribution in [0, 0.1) is 0 Å². The van der Waals surface area contributed by atoms with Gasteiger partial charge in [-0.1, -0.05) is 70.5 Å². The van der Waals surface area contributed by atoms with Crippen LogP contribution in [-0.2, 0) is 5.41 Å². The van der Waals surface area contributed by atoms with Gasteiger partial charge in [0.05, 0.1) is 5.41 Å². The van der Waals surface area contributed by atoms with Crippen LogP contribution in [-0.4, -0.2) is 6.18 Å². The summed E-state index contributed by atoms with van der Waals surface area (Å²) in [4.78, 5) is 0. The Morgan fingerprint density at radius 1 is 0.875 bits per heavy atom. The van der Waals surface area contributed by atoms with Gasteiger partial charge in [0, 0.05) is 10.4 Å². The maximum Gasteiger partial charge on any atom is 0.399 e. The van der Waals surface area contributed by atoms with Crippen molar-refractivity contribution in [2.75, 3.05) is 0 Å². The first-order valence-corrected chi connectivity index (χ1v) is 8.52. The molecule has 3 aromatic carbocycles. The third-order valence-corrected chi connectivity index (χ3v) is 5.53. The molecule has 0 aliphatic heterocycles. The monoisotopic (exact) mass is 390 g/mol. The third kappa shape index (κ3) is 2.35. The van der Waals surface area contributed by atoms with Crippen molar-refractivity contribution in [1.82, 2.24) is 0 Å². The maximum atomic E-state index is 13.9. The lowest BCUT2D eigenvalue weighted by molar-refractivity contribution is -0.162. The van der Waals surface area contributed by atoms with Crippen molar-refractivity contribution >= 4 is 26.7 Å². The van der Waals surface area contributed by atoms with Gasteiger partial charge in [0.1, 0.15) is 0 Å². The van der Waals surface area contributed by atoms with E-state index in [9.17, 15) is 13.2 Å². The zero-order valence-electron chi connectivity index (χ0n) is 12.6. The van der Waals surface area contributed by atoms with Crippen molar-refractivity contribution in [2.45, 2.75) is 23.9 Å². The number of benzene rings is 3. The quantitative estimate of drug-likeness (QED) is 0.462. The van der Waals surface area contributed by atoms with Crippen LogP contribution in [0.3, 0.4) is 0 Å². The molecule has 0 spiro atoms. The Morgan fingerprint density at radius 3 is 2.21 bits per heavy atom. The van der Waals surface area contributed by atoms with E-state index < -0.39 is 17.5 Å². The number of rotatable bonds is 2. The molecular formula is C20H14BrF3. The predicted octanol–water partition coefficient (Wildman–Crippen LogP) is 6.59. The molecule has 0 nitrogen and oxygen atoms in total. The van der Waals surface area contributed by atoms with E-state index in [2.05, 4.69) is 15.9 Å². The Morgan fingerprint density at radius 2 is 1.54 bits per heavy atom. The summed E-state index contributed by atoms with van der Waals surface area (Å²) in [5, 5.41) is 2.02.